The number of benzene rings is 9. The first-order valence-electron chi connectivity index (χ1n) is 20.2. The largest absolute Gasteiger partial charge is 0.551 e. The van der Waals surface area contributed by atoms with E-state index in [1.165, 1.54) is 43.6 Å². The van der Waals surface area contributed by atoms with Gasteiger partial charge in [0.2, 0.25) is 0 Å². The molecule has 0 atom stereocenters. The molecule has 0 saturated carbocycles. The number of rotatable bonds is 4. The fourth-order valence-electron chi connectivity index (χ4n) is 9.88. The maximum absolute atomic E-state index is 7.09. The van der Waals surface area contributed by atoms with Crippen LogP contribution < -0.4 is 20.3 Å². The summed E-state index contributed by atoms with van der Waals surface area (Å²) in [6.07, 6.45) is 0. The van der Waals surface area contributed by atoms with Crippen molar-refractivity contribution in [3.63, 3.8) is 0 Å². The molecule has 2 aliphatic rings. The van der Waals surface area contributed by atoms with Gasteiger partial charge in [-0.05, 0) is 77.4 Å². The molecule has 0 amide bonds. The second kappa shape index (κ2) is 12.4. The third-order valence-electron chi connectivity index (χ3n) is 12.4. The first-order valence-corrected chi connectivity index (χ1v) is 20.2. The molecular formula is C54H33BN2O2. The molecule has 0 fully saturated rings. The predicted molar refractivity (Wildman–Crippen MR) is 244 cm³/mol. The van der Waals surface area contributed by atoms with Crippen molar-refractivity contribution in [2.24, 2.45) is 0 Å². The van der Waals surface area contributed by atoms with Crippen LogP contribution in [0.4, 0.5) is 0 Å². The Morgan fingerprint density at radius 2 is 0.797 bits per heavy atom. The summed E-state index contributed by atoms with van der Waals surface area (Å²) in [5, 5.41) is 4.98. The third-order valence-corrected chi connectivity index (χ3v) is 12.4. The maximum Gasteiger partial charge on any atom is 0.434 e. The highest BCUT2D eigenvalue weighted by Crippen LogP contribution is 2.44. The fraction of sp³-hybridized carbons (Fsp3) is 0. The number of nitrogens with zero attached hydrogens (tertiary/aromatic N) is 2. The van der Waals surface area contributed by atoms with Crippen LogP contribution in [0, 0.1) is 0 Å². The van der Waals surface area contributed by atoms with Crippen LogP contribution in [0.1, 0.15) is 0 Å². The Morgan fingerprint density at radius 3 is 1.36 bits per heavy atom. The quantitative estimate of drug-likeness (QED) is 0.168. The van der Waals surface area contributed by atoms with Crippen molar-refractivity contribution in [2.75, 3.05) is 0 Å². The number of aromatic nitrogens is 2. The number of ether oxygens (including phenoxy) is 1. The number of fused-ring (bicyclic) bond motifs is 10. The van der Waals surface area contributed by atoms with Crippen LogP contribution >= 0.6 is 0 Å². The van der Waals surface area contributed by atoms with Crippen molar-refractivity contribution in [1.82, 2.24) is 9.13 Å². The van der Waals surface area contributed by atoms with Crippen molar-refractivity contribution in [1.29, 1.82) is 0 Å². The molecule has 5 heteroatoms. The lowest BCUT2D eigenvalue weighted by Gasteiger charge is -2.33. The molecular weight excluding hydrogens is 719 g/mol. The minimum Gasteiger partial charge on any atom is -0.551 e. The summed E-state index contributed by atoms with van der Waals surface area (Å²) in [5.74, 6) is 2.51. The first-order chi connectivity index (χ1) is 29.3. The number of hydrogen-bond acceptors (Lipinski definition) is 2. The smallest absolute Gasteiger partial charge is 0.434 e. The topological polar surface area (TPSA) is 28.3 Å². The summed E-state index contributed by atoms with van der Waals surface area (Å²) in [6, 6.07) is 71.7. The summed E-state index contributed by atoms with van der Waals surface area (Å²) < 4.78 is 18.6. The molecule has 2 aliphatic heterocycles. The van der Waals surface area contributed by atoms with Crippen LogP contribution in [0.15, 0.2) is 200 Å². The van der Waals surface area contributed by atoms with Crippen molar-refractivity contribution in [3.8, 4) is 62.0 Å². The third kappa shape index (κ3) is 4.67. The zero-order valence-corrected chi connectivity index (χ0v) is 31.8. The Kier molecular flexibility index (Phi) is 6.78. The van der Waals surface area contributed by atoms with Gasteiger partial charge in [-0.15, -0.1) is 0 Å². The molecule has 4 nitrogen and oxygen atoms in total. The molecule has 0 aliphatic carbocycles. The fourth-order valence-corrected chi connectivity index (χ4v) is 9.88. The highest BCUT2D eigenvalue weighted by molar-refractivity contribution is 6.84. The average Bonchev–Trinajstić information content (AvgIpc) is 3.82. The van der Waals surface area contributed by atoms with Gasteiger partial charge in [0.15, 0.2) is 0 Å². The zero-order valence-electron chi connectivity index (χ0n) is 31.8. The molecule has 0 unspecified atom stereocenters. The minimum atomic E-state index is -0.325. The molecule has 0 saturated heterocycles. The van der Waals surface area contributed by atoms with Gasteiger partial charge in [-0.2, -0.15) is 0 Å². The normalized spacial score (nSPS) is 12.6. The van der Waals surface area contributed by atoms with Crippen molar-refractivity contribution >= 4 is 61.5 Å². The molecule has 59 heavy (non-hydrogen) atoms. The molecule has 0 N–H and O–H groups in total. The predicted octanol–water partition coefficient (Wildman–Crippen LogP) is 12.5. The van der Waals surface area contributed by atoms with Crippen LogP contribution in [0.25, 0.3) is 88.4 Å². The molecule has 0 bridgehead atoms. The first kappa shape index (κ1) is 32.3. The van der Waals surface area contributed by atoms with E-state index in [0.717, 1.165) is 72.9 Å². The Morgan fingerprint density at radius 1 is 0.339 bits per heavy atom. The van der Waals surface area contributed by atoms with E-state index in [-0.39, 0.29) is 6.92 Å². The van der Waals surface area contributed by atoms with E-state index in [0.29, 0.717) is 0 Å². The van der Waals surface area contributed by atoms with Crippen LogP contribution in [-0.2, 0) is 0 Å². The minimum absolute atomic E-state index is 0.325. The number of hydrogen-bond donors (Lipinski definition) is 0. The van der Waals surface area contributed by atoms with Gasteiger partial charge < -0.3 is 18.5 Å². The molecule has 2 aromatic heterocycles. The van der Waals surface area contributed by atoms with Crippen molar-refractivity contribution in [2.45, 2.75) is 0 Å². The van der Waals surface area contributed by atoms with Gasteiger partial charge in [0.25, 0.3) is 0 Å². The van der Waals surface area contributed by atoms with Crippen molar-refractivity contribution < 1.29 is 9.39 Å². The van der Waals surface area contributed by atoms with Gasteiger partial charge in [0.05, 0.1) is 33.4 Å². The average molecular weight is 753 g/mol. The van der Waals surface area contributed by atoms with E-state index in [9.17, 15) is 0 Å². The summed E-state index contributed by atoms with van der Waals surface area (Å²) in [5.41, 5.74) is 15.8. The lowest BCUT2D eigenvalue weighted by molar-refractivity contribution is 0.479. The highest BCUT2D eigenvalue weighted by atomic mass is 16.5. The summed E-state index contributed by atoms with van der Waals surface area (Å²) in [7, 11) is 0. The van der Waals surface area contributed by atoms with E-state index in [2.05, 4.69) is 209 Å². The second-order valence-corrected chi connectivity index (χ2v) is 15.6. The van der Waals surface area contributed by atoms with Gasteiger partial charge in [0.1, 0.15) is 17.2 Å². The van der Waals surface area contributed by atoms with Gasteiger partial charge in [-0.25, -0.2) is 0 Å². The lowest BCUT2D eigenvalue weighted by Crippen LogP contribution is -2.53. The summed E-state index contributed by atoms with van der Waals surface area (Å²) >= 11 is 0. The lowest BCUT2D eigenvalue weighted by atomic mass is 9.50. The van der Waals surface area contributed by atoms with Crippen LogP contribution in [0.5, 0.6) is 17.2 Å². The van der Waals surface area contributed by atoms with Gasteiger partial charge >= 0.3 is 6.92 Å². The Hall–Kier alpha value is -7.76. The monoisotopic (exact) mass is 752 g/mol. The Balaban J connectivity index is 0.934. The molecule has 274 valence electrons. The summed E-state index contributed by atoms with van der Waals surface area (Å²) in [4.78, 5) is 0. The zero-order chi connectivity index (χ0) is 38.6. The second-order valence-electron chi connectivity index (χ2n) is 15.6. The standard InChI is InChI=1S/C54H33BN2O2/c1-7-21-45(56-47-23-9-3-16-38(47)39-17-4-10-24-48(39)56)36(14-1)34-28-30-51-43(32-34)42-20-13-27-53-54(42)55(59-51)44-33-35(29-31-52(44)58-53)37-15-2-8-22-46(37)57-49-25-11-5-18-40(49)41-19-6-12-26-50(41)57/h1-33H. The summed E-state index contributed by atoms with van der Waals surface area (Å²) in [6.45, 7) is -0.325. The van der Waals surface area contributed by atoms with Gasteiger partial charge in [-0.3, -0.25) is 0 Å². The SMILES string of the molecule is c1ccc(-n2c3ccccc3c3ccccc32)c(-c2ccc3c(c2)B2Oc4ccc(-c5ccccc5-n5c6ccccc6c6ccccc65)cc4-c4cccc(c42)O3)c1. The van der Waals surface area contributed by atoms with Gasteiger partial charge in [0, 0.05) is 49.2 Å². The van der Waals surface area contributed by atoms with Crippen LogP contribution in [0.2, 0.25) is 0 Å². The molecule has 13 rings (SSSR count). The molecule has 0 radical (unpaired) electrons. The van der Waals surface area contributed by atoms with Crippen molar-refractivity contribution in [3.05, 3.63) is 200 Å². The maximum atomic E-state index is 7.09. The Bertz CT molecular complexity index is 3430. The van der Waals surface area contributed by atoms with E-state index in [4.69, 9.17) is 9.39 Å². The number of para-hydroxylation sites is 6. The molecule has 11 aromatic rings. The Labute approximate surface area is 340 Å². The molecule has 4 heterocycles. The van der Waals surface area contributed by atoms with E-state index >= 15 is 0 Å². The van der Waals surface area contributed by atoms with E-state index < -0.39 is 0 Å². The van der Waals surface area contributed by atoms with Crippen LogP contribution in [0.3, 0.4) is 0 Å². The van der Waals surface area contributed by atoms with Gasteiger partial charge in [-0.1, -0.05) is 140 Å². The van der Waals surface area contributed by atoms with E-state index in [1.54, 1.807) is 0 Å². The van der Waals surface area contributed by atoms with E-state index in [1.807, 2.05) is 0 Å². The molecule has 0 spiro atoms. The van der Waals surface area contributed by atoms with Crippen LogP contribution in [-0.4, -0.2) is 16.0 Å². The molecule has 9 aromatic carbocycles. The highest BCUT2D eigenvalue weighted by Gasteiger charge is 2.41.